The van der Waals surface area contributed by atoms with E-state index in [1.54, 1.807) is 12.3 Å². The van der Waals surface area contributed by atoms with Crippen LogP contribution >= 0.6 is 0 Å². The van der Waals surface area contributed by atoms with Gasteiger partial charge in [-0.25, -0.2) is 4.79 Å². The van der Waals surface area contributed by atoms with Crippen molar-refractivity contribution in [3.63, 3.8) is 0 Å². The molecule has 1 aromatic rings. The number of likely N-dealkylation sites (tertiary alicyclic amines) is 1. The van der Waals surface area contributed by atoms with Crippen molar-refractivity contribution in [2.24, 2.45) is 0 Å². The first-order valence-electron chi connectivity index (χ1n) is 6.19. The monoisotopic (exact) mass is 250 g/mol. The summed E-state index contributed by atoms with van der Waals surface area (Å²) in [5.41, 5.74) is 0.122. The number of rotatable bonds is 5. The van der Waals surface area contributed by atoms with Crippen LogP contribution in [0.4, 0.5) is 0 Å². The molecular formula is C13H18N2O3. The minimum atomic E-state index is -1.00. The molecule has 2 rings (SSSR count). The maximum atomic E-state index is 11.0. The molecule has 0 amide bonds. The van der Waals surface area contributed by atoms with Gasteiger partial charge in [0.2, 0.25) is 0 Å². The summed E-state index contributed by atoms with van der Waals surface area (Å²) < 4.78 is 5.56. The first kappa shape index (κ1) is 12.8. The summed E-state index contributed by atoms with van der Waals surface area (Å²) in [4.78, 5) is 17.1. The zero-order valence-electron chi connectivity index (χ0n) is 10.5. The van der Waals surface area contributed by atoms with Gasteiger partial charge in [-0.2, -0.15) is 0 Å². The van der Waals surface area contributed by atoms with Gasteiger partial charge in [0.05, 0.1) is 6.61 Å². The van der Waals surface area contributed by atoms with Crippen molar-refractivity contribution in [3.8, 4) is 5.75 Å². The van der Waals surface area contributed by atoms with Crippen LogP contribution in [-0.2, 0) is 0 Å². The van der Waals surface area contributed by atoms with Crippen LogP contribution in [0.15, 0.2) is 18.5 Å². The molecule has 1 unspecified atom stereocenters. The maximum absolute atomic E-state index is 11.0. The number of ether oxygens (including phenoxy) is 1. The number of aromatic carboxylic acids is 1. The first-order chi connectivity index (χ1) is 8.68. The van der Waals surface area contributed by atoms with Crippen molar-refractivity contribution >= 4 is 5.97 Å². The molecule has 0 aliphatic carbocycles. The van der Waals surface area contributed by atoms with Crippen molar-refractivity contribution in [3.05, 3.63) is 24.0 Å². The third kappa shape index (κ3) is 2.98. The third-order valence-electron chi connectivity index (χ3n) is 3.39. The standard InChI is InChI=1S/C13H18N2O3/c1-15-7-2-3-10(15)5-8-18-12-4-6-14-9-11(12)13(16)17/h4,6,9-10H,2-3,5,7-8H2,1H3,(H,16,17). The van der Waals surface area contributed by atoms with Gasteiger partial charge < -0.3 is 14.7 Å². The Morgan fingerprint density at radius 3 is 3.17 bits per heavy atom. The number of aromatic nitrogens is 1. The molecule has 1 fully saturated rings. The second-order valence-electron chi connectivity index (χ2n) is 4.59. The molecule has 0 saturated carbocycles. The smallest absolute Gasteiger partial charge is 0.341 e. The van der Waals surface area contributed by atoms with Gasteiger partial charge in [-0.15, -0.1) is 0 Å². The lowest BCUT2D eigenvalue weighted by molar-refractivity contribution is 0.0691. The van der Waals surface area contributed by atoms with Crippen molar-refractivity contribution in [1.82, 2.24) is 9.88 Å². The highest BCUT2D eigenvalue weighted by Gasteiger charge is 2.20. The summed E-state index contributed by atoms with van der Waals surface area (Å²) in [5.74, 6) is -0.603. The van der Waals surface area contributed by atoms with Gasteiger partial charge in [-0.1, -0.05) is 0 Å². The zero-order chi connectivity index (χ0) is 13.0. The SMILES string of the molecule is CN1CCCC1CCOc1ccncc1C(=O)O. The second kappa shape index (κ2) is 5.82. The summed E-state index contributed by atoms with van der Waals surface area (Å²) in [5, 5.41) is 8.99. The number of nitrogens with zero attached hydrogens (tertiary/aromatic N) is 2. The lowest BCUT2D eigenvalue weighted by atomic mass is 10.1. The molecule has 1 N–H and O–H groups in total. The first-order valence-corrected chi connectivity index (χ1v) is 6.19. The molecule has 1 atom stereocenters. The highest BCUT2D eigenvalue weighted by atomic mass is 16.5. The van der Waals surface area contributed by atoms with Crippen molar-refractivity contribution in [1.29, 1.82) is 0 Å². The molecule has 1 aliphatic rings. The van der Waals surface area contributed by atoms with Crippen LogP contribution in [0.5, 0.6) is 5.75 Å². The molecule has 5 heteroatoms. The highest BCUT2D eigenvalue weighted by Crippen LogP contribution is 2.20. The van der Waals surface area contributed by atoms with E-state index in [1.165, 1.54) is 19.0 Å². The van der Waals surface area contributed by atoms with Gasteiger partial charge in [0.1, 0.15) is 11.3 Å². The molecule has 18 heavy (non-hydrogen) atoms. The number of carboxylic acid groups (broad SMARTS) is 1. The third-order valence-corrected chi connectivity index (χ3v) is 3.39. The Kier molecular flexibility index (Phi) is 4.15. The molecule has 5 nitrogen and oxygen atoms in total. The van der Waals surface area contributed by atoms with E-state index in [9.17, 15) is 4.79 Å². The van der Waals surface area contributed by atoms with Gasteiger partial charge in [0.15, 0.2) is 0 Å². The second-order valence-corrected chi connectivity index (χ2v) is 4.59. The summed E-state index contributed by atoms with van der Waals surface area (Å²) in [6.45, 7) is 1.68. The van der Waals surface area contributed by atoms with Gasteiger partial charge in [0, 0.05) is 18.4 Å². The Balaban J connectivity index is 1.88. The Labute approximate surface area is 106 Å². The quantitative estimate of drug-likeness (QED) is 0.860. The summed E-state index contributed by atoms with van der Waals surface area (Å²) >= 11 is 0. The number of hydrogen-bond donors (Lipinski definition) is 1. The molecule has 2 heterocycles. The molecule has 0 aromatic carbocycles. The van der Waals surface area contributed by atoms with Crippen LogP contribution in [0.1, 0.15) is 29.6 Å². The van der Waals surface area contributed by atoms with Gasteiger partial charge in [-0.05, 0) is 38.9 Å². The predicted molar refractivity (Wildman–Crippen MR) is 67.0 cm³/mol. The fourth-order valence-corrected chi connectivity index (χ4v) is 2.32. The number of hydrogen-bond acceptors (Lipinski definition) is 4. The van der Waals surface area contributed by atoms with E-state index in [2.05, 4.69) is 16.9 Å². The normalized spacial score (nSPS) is 19.9. The van der Waals surface area contributed by atoms with Crippen LogP contribution < -0.4 is 4.74 Å². The summed E-state index contributed by atoms with van der Waals surface area (Å²) in [7, 11) is 2.12. The van der Waals surface area contributed by atoms with E-state index in [0.717, 1.165) is 13.0 Å². The number of carbonyl (C=O) groups is 1. The molecule has 0 bridgehead atoms. The van der Waals surface area contributed by atoms with E-state index in [-0.39, 0.29) is 5.56 Å². The Morgan fingerprint density at radius 2 is 2.50 bits per heavy atom. The van der Waals surface area contributed by atoms with Crippen molar-refractivity contribution in [2.75, 3.05) is 20.2 Å². The Morgan fingerprint density at radius 1 is 1.67 bits per heavy atom. The average Bonchev–Trinajstić information content (AvgIpc) is 2.76. The lowest BCUT2D eigenvalue weighted by Gasteiger charge is -2.19. The average molecular weight is 250 g/mol. The molecular weight excluding hydrogens is 232 g/mol. The molecule has 1 saturated heterocycles. The van der Waals surface area contributed by atoms with Crippen LogP contribution in [0.3, 0.4) is 0 Å². The minimum absolute atomic E-state index is 0.122. The highest BCUT2D eigenvalue weighted by molar-refractivity contribution is 5.90. The van der Waals surface area contributed by atoms with Crippen LogP contribution in [0, 0.1) is 0 Å². The molecule has 0 radical (unpaired) electrons. The minimum Gasteiger partial charge on any atom is -0.493 e. The Bertz CT molecular complexity index is 422. The fourth-order valence-electron chi connectivity index (χ4n) is 2.32. The van der Waals surface area contributed by atoms with E-state index in [1.807, 2.05) is 0 Å². The van der Waals surface area contributed by atoms with E-state index in [4.69, 9.17) is 9.84 Å². The fraction of sp³-hybridized carbons (Fsp3) is 0.538. The molecule has 1 aliphatic heterocycles. The van der Waals surface area contributed by atoms with Gasteiger partial charge >= 0.3 is 5.97 Å². The summed E-state index contributed by atoms with van der Waals surface area (Å²) in [6.07, 6.45) is 6.22. The van der Waals surface area contributed by atoms with Crippen LogP contribution in [0.2, 0.25) is 0 Å². The topological polar surface area (TPSA) is 62.7 Å². The van der Waals surface area contributed by atoms with E-state index < -0.39 is 5.97 Å². The zero-order valence-corrected chi connectivity index (χ0v) is 10.5. The van der Waals surface area contributed by atoms with Gasteiger partial charge in [0.25, 0.3) is 0 Å². The number of pyridine rings is 1. The van der Waals surface area contributed by atoms with Crippen LogP contribution in [0.25, 0.3) is 0 Å². The summed E-state index contributed by atoms with van der Waals surface area (Å²) in [6, 6.07) is 2.15. The van der Waals surface area contributed by atoms with Crippen molar-refractivity contribution in [2.45, 2.75) is 25.3 Å². The Hall–Kier alpha value is -1.62. The predicted octanol–water partition coefficient (Wildman–Crippen LogP) is 1.64. The maximum Gasteiger partial charge on any atom is 0.341 e. The lowest BCUT2D eigenvalue weighted by Crippen LogP contribution is -2.26. The van der Waals surface area contributed by atoms with E-state index >= 15 is 0 Å². The van der Waals surface area contributed by atoms with Gasteiger partial charge in [-0.3, -0.25) is 4.98 Å². The molecule has 0 spiro atoms. The molecule has 1 aromatic heterocycles. The largest absolute Gasteiger partial charge is 0.493 e. The van der Waals surface area contributed by atoms with E-state index in [0.29, 0.717) is 18.4 Å². The van der Waals surface area contributed by atoms with Crippen LogP contribution in [-0.4, -0.2) is 47.2 Å². The van der Waals surface area contributed by atoms with Crippen molar-refractivity contribution < 1.29 is 14.6 Å². The molecule has 98 valence electrons. The number of carboxylic acids is 1.